The van der Waals surface area contributed by atoms with E-state index in [-0.39, 0.29) is 0 Å². The highest BCUT2D eigenvalue weighted by Crippen LogP contribution is 2.58. The Kier molecular flexibility index (Phi) is 21.9. The first-order valence-electron chi connectivity index (χ1n) is 41.6. The molecule has 612 valence electrons. The molecule has 0 fully saturated rings. The SMILES string of the molecule is Clc1ccc2c(c1)oc1ccc(-c3ccc4c(c3)-c3ccc(Br)cc3C4(c3ccccc3)c3ccccc3)cc12.Clc1ccc2sc3cccc(-c4cccc(-c5ccccc5Br)c4)c3c2c1.Clc1cccc2c1oc1ccc(-c3ccc4c(c3)oc3cccc(Br)c34)cc12.Clc1cccc2sc3cccc(-c4cccc(-c5cccc(-c6ccccc6Br)c5)c4)c3c12. The lowest BCUT2D eigenvalue weighted by Gasteiger charge is -2.34. The Labute approximate surface area is 799 Å². The van der Waals surface area contributed by atoms with E-state index in [1.165, 1.54) is 130 Å². The topological polar surface area (TPSA) is 39.4 Å². The molecule has 19 aromatic carbocycles. The summed E-state index contributed by atoms with van der Waals surface area (Å²) in [6.07, 6.45) is 0. The molecule has 128 heavy (non-hydrogen) atoms. The third-order valence-electron chi connectivity index (χ3n) is 24.3. The monoisotopic (exact) mass is 2010 g/mol. The molecule has 24 aromatic rings. The largest absolute Gasteiger partial charge is 0.456 e. The number of benzene rings is 19. The van der Waals surface area contributed by atoms with E-state index < -0.39 is 5.41 Å². The number of fused-ring (bicyclic) bond motifs is 18. The molecule has 1 aliphatic carbocycles. The standard InChI is InChI=1S/C37H22BrClO.C30H18BrClS.C24H12BrClO2.C24H14BrClS/c38-27-13-15-29-31-19-23(24-12-18-35-32(20-24)30-16-14-28(39)22-36(30)40-35)11-17-33(31)37(34(29)21-27,25-7-3-1-4-8-25)26-9-5-2-6-10-26;31-25-13-2-1-11-23(25)21-9-3-7-19(17-21)20-8-4-10-22(18-20)24-12-5-15-27-29(24)30-26(32)14-6-16-28(30)33-27;25-18-4-2-6-21-23(18)16-9-7-14(12-22(16)27-21)13-8-10-20-17(11-13)15-3-1-5-19(26)24(15)28-20;25-21-9-2-1-7-18(21)15-5-3-6-16(13-15)19-8-4-10-23-24(19)20-14-17(26)11-12-22(20)27-23/h1-22H;1-18H;1-12H;1-14H. The molecule has 0 unspecified atom stereocenters. The van der Waals surface area contributed by atoms with Crippen LogP contribution in [-0.2, 0) is 5.41 Å². The number of furan rings is 3. The van der Waals surface area contributed by atoms with Gasteiger partial charge in [0.2, 0.25) is 0 Å². The maximum Gasteiger partial charge on any atom is 0.153 e. The van der Waals surface area contributed by atoms with E-state index in [1.807, 2.05) is 102 Å². The van der Waals surface area contributed by atoms with Crippen LogP contribution in [0.4, 0.5) is 0 Å². The zero-order valence-electron chi connectivity index (χ0n) is 67.7. The van der Waals surface area contributed by atoms with Crippen LogP contribution in [0.15, 0.2) is 432 Å². The van der Waals surface area contributed by atoms with Gasteiger partial charge < -0.3 is 13.3 Å². The number of halogens is 8. The Bertz CT molecular complexity index is 8500. The molecule has 5 heterocycles. The summed E-state index contributed by atoms with van der Waals surface area (Å²) in [5.74, 6) is 0. The van der Waals surface area contributed by atoms with Crippen molar-refractivity contribution in [3.05, 3.63) is 461 Å². The maximum atomic E-state index is 6.66. The summed E-state index contributed by atoms with van der Waals surface area (Å²) in [4.78, 5) is 0. The van der Waals surface area contributed by atoms with Crippen LogP contribution in [0.1, 0.15) is 22.3 Å². The zero-order valence-corrected chi connectivity index (χ0v) is 78.7. The number of thiophene rings is 2. The van der Waals surface area contributed by atoms with Crippen LogP contribution in [0.5, 0.6) is 0 Å². The second-order valence-electron chi connectivity index (χ2n) is 31.8. The molecule has 5 aromatic heterocycles. The molecule has 0 atom stereocenters. The average molecular weight is 2020 g/mol. The van der Waals surface area contributed by atoms with Crippen molar-refractivity contribution in [2.24, 2.45) is 0 Å². The van der Waals surface area contributed by atoms with Crippen molar-refractivity contribution < 1.29 is 13.3 Å². The Hall–Kier alpha value is -11.9. The third-order valence-corrected chi connectivity index (χ3v) is 30.2. The van der Waals surface area contributed by atoms with Gasteiger partial charge >= 0.3 is 0 Å². The summed E-state index contributed by atoms with van der Waals surface area (Å²) in [7, 11) is 0. The number of hydrogen-bond acceptors (Lipinski definition) is 5. The van der Waals surface area contributed by atoms with E-state index in [9.17, 15) is 0 Å². The van der Waals surface area contributed by atoms with Gasteiger partial charge in [0.1, 0.15) is 27.9 Å². The molecule has 0 radical (unpaired) electrons. The normalized spacial score (nSPS) is 12.1. The fourth-order valence-electron chi connectivity index (χ4n) is 18.6. The lowest BCUT2D eigenvalue weighted by atomic mass is 9.67. The van der Waals surface area contributed by atoms with Gasteiger partial charge in [0.05, 0.1) is 10.4 Å². The van der Waals surface area contributed by atoms with Gasteiger partial charge in [-0.25, -0.2) is 0 Å². The Morgan fingerprint density at radius 1 is 0.219 bits per heavy atom. The summed E-state index contributed by atoms with van der Waals surface area (Å²) in [5.41, 5.74) is 28.8. The number of hydrogen-bond donors (Lipinski definition) is 0. The quantitative estimate of drug-likeness (QED) is 0.145. The minimum Gasteiger partial charge on any atom is -0.456 e. The maximum absolute atomic E-state index is 6.66. The van der Waals surface area contributed by atoms with Gasteiger partial charge in [-0.1, -0.05) is 347 Å². The first-order valence-corrected chi connectivity index (χ1v) is 47.9. The second-order valence-corrected chi connectivity index (χ2v) is 39.1. The Morgan fingerprint density at radius 2 is 0.688 bits per heavy atom. The molecule has 0 spiro atoms. The molecule has 0 amide bonds. The zero-order chi connectivity index (χ0) is 86.4. The van der Waals surface area contributed by atoms with Crippen molar-refractivity contribution in [2.75, 3.05) is 0 Å². The minimum absolute atomic E-state index is 0.417. The average Bonchev–Trinajstić information content (AvgIpc) is 1.53. The summed E-state index contributed by atoms with van der Waals surface area (Å²) >= 11 is 43.9. The summed E-state index contributed by atoms with van der Waals surface area (Å²) in [6, 6.07) is 140. The fourth-order valence-corrected chi connectivity index (χ4v) is 23.7. The van der Waals surface area contributed by atoms with Gasteiger partial charge in [-0.05, 0) is 269 Å². The molecule has 0 bridgehead atoms. The number of rotatable bonds is 9. The van der Waals surface area contributed by atoms with Crippen molar-refractivity contribution in [1.29, 1.82) is 0 Å². The van der Waals surface area contributed by atoms with E-state index in [4.69, 9.17) is 59.7 Å². The van der Waals surface area contributed by atoms with Crippen molar-refractivity contribution in [3.63, 3.8) is 0 Å². The highest BCUT2D eigenvalue weighted by atomic mass is 79.9. The van der Waals surface area contributed by atoms with E-state index >= 15 is 0 Å². The van der Waals surface area contributed by atoms with Gasteiger partial charge in [-0.15, -0.1) is 22.7 Å². The molecule has 0 saturated heterocycles. The highest BCUT2D eigenvalue weighted by Gasteiger charge is 2.46. The van der Waals surface area contributed by atoms with Crippen LogP contribution in [0, 0.1) is 0 Å². The molecule has 0 saturated carbocycles. The molecular formula is C115H66Br4Cl4O3S2. The van der Waals surface area contributed by atoms with Crippen LogP contribution in [0.25, 0.3) is 195 Å². The first kappa shape index (κ1) is 81.8. The first-order chi connectivity index (χ1) is 62.7. The van der Waals surface area contributed by atoms with Crippen LogP contribution in [0.3, 0.4) is 0 Å². The third kappa shape index (κ3) is 14.9. The Morgan fingerprint density at radius 3 is 1.37 bits per heavy atom. The molecule has 0 N–H and O–H groups in total. The van der Waals surface area contributed by atoms with Crippen LogP contribution in [0.2, 0.25) is 20.1 Å². The summed E-state index contributed by atoms with van der Waals surface area (Å²) in [6.45, 7) is 0. The van der Waals surface area contributed by atoms with Crippen molar-refractivity contribution in [1.82, 2.24) is 0 Å². The van der Waals surface area contributed by atoms with Gasteiger partial charge in [0, 0.05) is 112 Å². The Balaban J connectivity index is 0.000000102. The van der Waals surface area contributed by atoms with Crippen molar-refractivity contribution in [3.8, 4) is 89.0 Å². The van der Waals surface area contributed by atoms with Crippen molar-refractivity contribution >= 4 is 239 Å². The number of para-hydroxylation sites is 1. The van der Waals surface area contributed by atoms with Gasteiger partial charge in [0.15, 0.2) is 5.58 Å². The predicted octanol–water partition coefficient (Wildman–Crippen LogP) is 38.9. The van der Waals surface area contributed by atoms with Crippen molar-refractivity contribution in [2.45, 2.75) is 5.41 Å². The van der Waals surface area contributed by atoms with Crippen LogP contribution >= 0.6 is 133 Å². The van der Waals surface area contributed by atoms with Gasteiger partial charge in [-0.2, -0.15) is 0 Å². The fraction of sp³-hybridized carbons (Fsp3) is 0.00870. The van der Waals surface area contributed by atoms with Gasteiger partial charge in [-0.3, -0.25) is 0 Å². The molecule has 0 aliphatic heterocycles. The van der Waals surface area contributed by atoms with Crippen LogP contribution in [-0.4, -0.2) is 0 Å². The van der Waals surface area contributed by atoms with E-state index in [0.717, 1.165) is 116 Å². The second kappa shape index (κ2) is 34.3. The summed E-state index contributed by atoms with van der Waals surface area (Å²) < 4.78 is 27.5. The van der Waals surface area contributed by atoms with Crippen LogP contribution < -0.4 is 0 Å². The van der Waals surface area contributed by atoms with E-state index in [2.05, 4.69) is 373 Å². The predicted molar refractivity (Wildman–Crippen MR) is 560 cm³/mol. The lowest BCUT2D eigenvalue weighted by molar-refractivity contribution is 0.668. The van der Waals surface area contributed by atoms with E-state index in [1.54, 1.807) is 11.3 Å². The molecule has 13 heteroatoms. The van der Waals surface area contributed by atoms with Gasteiger partial charge in [0.25, 0.3) is 0 Å². The lowest BCUT2D eigenvalue weighted by Crippen LogP contribution is -2.28. The smallest absolute Gasteiger partial charge is 0.153 e. The minimum atomic E-state index is -0.417. The summed E-state index contributed by atoms with van der Waals surface area (Å²) in [5, 5.41) is 14.3. The molecule has 25 rings (SSSR count). The highest BCUT2D eigenvalue weighted by molar-refractivity contribution is 9.11. The van der Waals surface area contributed by atoms with E-state index in [0.29, 0.717) is 10.0 Å². The molecule has 3 nitrogen and oxygen atoms in total. The molecular weight excluding hydrogens is 1950 g/mol. The molecule has 1 aliphatic rings.